The van der Waals surface area contributed by atoms with E-state index in [2.05, 4.69) is 38.7 Å². The normalized spacial score (nSPS) is 15.8. The lowest BCUT2D eigenvalue weighted by atomic mass is 10.0. The van der Waals surface area contributed by atoms with E-state index in [4.69, 9.17) is 21.1 Å². The molecule has 0 amide bonds. The Balaban J connectivity index is 0.00000320. The lowest BCUT2D eigenvalue weighted by molar-refractivity contribution is 0.0170. The van der Waals surface area contributed by atoms with Gasteiger partial charge in [-0.15, -0.1) is 24.0 Å². The summed E-state index contributed by atoms with van der Waals surface area (Å²) in [5.41, 5.74) is 2.36. The molecule has 0 spiro atoms. The summed E-state index contributed by atoms with van der Waals surface area (Å²) >= 11 is 6.09. The average Bonchev–Trinajstić information content (AvgIpc) is 2.78. The molecule has 0 radical (unpaired) electrons. The van der Waals surface area contributed by atoms with Crippen molar-refractivity contribution in [3.05, 3.63) is 64.7 Å². The first-order valence-electron chi connectivity index (χ1n) is 9.84. The lowest BCUT2D eigenvalue weighted by Gasteiger charge is -2.35. The molecule has 164 valence electrons. The zero-order valence-electron chi connectivity index (χ0n) is 17.4. The smallest absolute Gasteiger partial charge is 0.191 e. The first kappa shape index (κ1) is 24.7. The number of guanidine groups is 1. The Hall–Kier alpha value is -1.55. The number of aliphatic imine (C=N–C) groups is 1. The Morgan fingerprint density at radius 1 is 1.17 bits per heavy atom. The summed E-state index contributed by atoms with van der Waals surface area (Å²) in [6.07, 6.45) is 0. The standard InChI is InChI=1S/C22H29ClN4O2.HI/c1-24-22(25-15-17-4-3-5-20(14-17)28-2)26-16-21(27-10-12-29-13-11-27)18-6-8-19(23)9-7-18;/h3-9,14,21H,10-13,15-16H2,1-2H3,(H2,24,25,26);1H. The largest absolute Gasteiger partial charge is 0.497 e. The quantitative estimate of drug-likeness (QED) is 0.316. The Bertz CT molecular complexity index is 798. The van der Waals surface area contributed by atoms with E-state index in [0.717, 1.165) is 55.1 Å². The summed E-state index contributed by atoms with van der Waals surface area (Å²) in [5.74, 6) is 1.61. The van der Waals surface area contributed by atoms with Crippen LogP contribution in [0.1, 0.15) is 17.2 Å². The number of methoxy groups -OCH3 is 1. The number of halogens is 2. The van der Waals surface area contributed by atoms with Crippen molar-refractivity contribution in [3.8, 4) is 5.75 Å². The van der Waals surface area contributed by atoms with Gasteiger partial charge >= 0.3 is 0 Å². The minimum Gasteiger partial charge on any atom is -0.497 e. The summed E-state index contributed by atoms with van der Waals surface area (Å²) in [6, 6.07) is 16.3. The molecule has 6 nitrogen and oxygen atoms in total. The van der Waals surface area contributed by atoms with Gasteiger partial charge in [0.1, 0.15) is 5.75 Å². The molecular weight excluding hydrogens is 515 g/mol. The molecule has 3 rings (SSSR count). The summed E-state index contributed by atoms with van der Waals surface area (Å²) < 4.78 is 10.8. The van der Waals surface area contributed by atoms with E-state index in [0.29, 0.717) is 6.54 Å². The van der Waals surface area contributed by atoms with Crippen molar-refractivity contribution in [2.45, 2.75) is 12.6 Å². The van der Waals surface area contributed by atoms with Crippen LogP contribution in [0.4, 0.5) is 0 Å². The third-order valence-electron chi connectivity index (χ3n) is 5.02. The van der Waals surface area contributed by atoms with Crippen LogP contribution < -0.4 is 15.4 Å². The van der Waals surface area contributed by atoms with Gasteiger partial charge in [0.15, 0.2) is 5.96 Å². The van der Waals surface area contributed by atoms with E-state index in [1.807, 2.05) is 30.3 Å². The number of nitrogens with one attached hydrogen (secondary N) is 2. The average molecular weight is 545 g/mol. The van der Waals surface area contributed by atoms with Crippen molar-refractivity contribution in [3.63, 3.8) is 0 Å². The predicted octanol–water partition coefficient (Wildman–Crippen LogP) is 3.71. The fourth-order valence-corrected chi connectivity index (χ4v) is 3.54. The van der Waals surface area contributed by atoms with Crippen LogP contribution in [0.15, 0.2) is 53.5 Å². The van der Waals surface area contributed by atoms with Gasteiger partial charge in [-0.2, -0.15) is 0 Å². The molecule has 1 saturated heterocycles. The SMILES string of the molecule is CN=C(NCc1cccc(OC)c1)NCC(c1ccc(Cl)cc1)N1CCOCC1.I. The van der Waals surface area contributed by atoms with Gasteiger partial charge in [0.25, 0.3) is 0 Å². The summed E-state index contributed by atoms with van der Waals surface area (Å²) in [5, 5.41) is 7.59. The molecule has 2 aromatic carbocycles. The number of nitrogens with zero attached hydrogens (tertiary/aromatic N) is 2. The number of ether oxygens (including phenoxy) is 2. The molecule has 1 atom stereocenters. The monoisotopic (exact) mass is 544 g/mol. The van der Waals surface area contributed by atoms with Crippen molar-refractivity contribution >= 4 is 41.5 Å². The van der Waals surface area contributed by atoms with Crippen molar-refractivity contribution in [2.24, 2.45) is 4.99 Å². The maximum Gasteiger partial charge on any atom is 0.191 e. The van der Waals surface area contributed by atoms with Crippen LogP contribution in [-0.2, 0) is 11.3 Å². The minimum atomic E-state index is 0. The van der Waals surface area contributed by atoms with Crippen molar-refractivity contribution in [1.29, 1.82) is 0 Å². The van der Waals surface area contributed by atoms with Gasteiger partial charge in [-0.25, -0.2) is 0 Å². The molecule has 1 fully saturated rings. The second-order valence-corrected chi connectivity index (χ2v) is 7.31. The summed E-state index contributed by atoms with van der Waals surface area (Å²) in [6.45, 7) is 4.73. The number of hydrogen-bond donors (Lipinski definition) is 2. The maximum atomic E-state index is 6.09. The van der Waals surface area contributed by atoms with Gasteiger partial charge in [-0.3, -0.25) is 9.89 Å². The minimum absolute atomic E-state index is 0. The molecule has 30 heavy (non-hydrogen) atoms. The van der Waals surface area contributed by atoms with Gasteiger partial charge < -0.3 is 20.1 Å². The van der Waals surface area contributed by atoms with Crippen molar-refractivity contribution in [1.82, 2.24) is 15.5 Å². The number of hydrogen-bond acceptors (Lipinski definition) is 4. The van der Waals surface area contributed by atoms with E-state index in [1.165, 1.54) is 5.56 Å². The van der Waals surface area contributed by atoms with Crippen molar-refractivity contribution < 1.29 is 9.47 Å². The van der Waals surface area contributed by atoms with Crippen LogP contribution in [0.5, 0.6) is 5.75 Å². The third kappa shape index (κ3) is 7.30. The van der Waals surface area contributed by atoms with Crippen LogP contribution >= 0.6 is 35.6 Å². The molecular formula is C22H30ClIN4O2. The molecule has 0 aromatic heterocycles. The molecule has 8 heteroatoms. The van der Waals surface area contributed by atoms with Gasteiger partial charge in [0, 0.05) is 38.2 Å². The molecule has 2 aromatic rings. The highest BCUT2D eigenvalue weighted by molar-refractivity contribution is 14.0. The first-order chi connectivity index (χ1) is 14.2. The summed E-state index contributed by atoms with van der Waals surface area (Å²) in [7, 11) is 3.46. The van der Waals surface area contributed by atoms with Gasteiger partial charge in [0.2, 0.25) is 0 Å². The second-order valence-electron chi connectivity index (χ2n) is 6.87. The molecule has 2 N–H and O–H groups in total. The maximum absolute atomic E-state index is 6.09. The van der Waals surface area contributed by atoms with Gasteiger partial charge in [0.05, 0.1) is 26.4 Å². The Morgan fingerprint density at radius 2 is 1.90 bits per heavy atom. The van der Waals surface area contributed by atoms with E-state index >= 15 is 0 Å². The topological polar surface area (TPSA) is 58.1 Å². The van der Waals surface area contributed by atoms with Crippen LogP contribution in [0.3, 0.4) is 0 Å². The Kier molecular flexibility index (Phi) is 10.7. The predicted molar refractivity (Wildman–Crippen MR) is 133 cm³/mol. The molecule has 0 aliphatic carbocycles. The molecule has 0 bridgehead atoms. The fourth-order valence-electron chi connectivity index (χ4n) is 3.41. The third-order valence-corrected chi connectivity index (χ3v) is 5.27. The number of morpholine rings is 1. The van der Waals surface area contributed by atoms with Gasteiger partial charge in [-0.1, -0.05) is 35.9 Å². The van der Waals surface area contributed by atoms with E-state index < -0.39 is 0 Å². The molecule has 0 saturated carbocycles. The number of rotatable bonds is 7. The Labute approximate surface area is 201 Å². The Morgan fingerprint density at radius 3 is 2.57 bits per heavy atom. The van der Waals surface area contributed by atoms with Gasteiger partial charge in [-0.05, 0) is 35.4 Å². The first-order valence-corrected chi connectivity index (χ1v) is 10.2. The highest BCUT2D eigenvalue weighted by Crippen LogP contribution is 2.23. The van der Waals surface area contributed by atoms with Crippen molar-refractivity contribution in [2.75, 3.05) is 47.0 Å². The van der Waals surface area contributed by atoms with E-state index in [1.54, 1.807) is 14.2 Å². The van der Waals surface area contributed by atoms with E-state index in [-0.39, 0.29) is 30.0 Å². The highest BCUT2D eigenvalue weighted by Gasteiger charge is 2.22. The van der Waals surface area contributed by atoms with Crippen LogP contribution in [0.25, 0.3) is 0 Å². The number of benzene rings is 2. The molecule has 1 aliphatic rings. The van der Waals surface area contributed by atoms with Crippen LogP contribution in [0.2, 0.25) is 5.02 Å². The zero-order valence-corrected chi connectivity index (χ0v) is 20.5. The second kappa shape index (κ2) is 13.0. The fraction of sp³-hybridized carbons (Fsp3) is 0.409. The summed E-state index contributed by atoms with van der Waals surface area (Å²) in [4.78, 5) is 6.81. The van der Waals surface area contributed by atoms with Crippen LogP contribution in [0, 0.1) is 0 Å². The van der Waals surface area contributed by atoms with E-state index in [9.17, 15) is 0 Å². The molecule has 1 aliphatic heterocycles. The highest BCUT2D eigenvalue weighted by atomic mass is 127. The molecule has 1 unspecified atom stereocenters. The lowest BCUT2D eigenvalue weighted by Crippen LogP contribution is -2.46. The zero-order chi connectivity index (χ0) is 20.5. The van der Waals surface area contributed by atoms with Crippen LogP contribution in [-0.4, -0.2) is 57.9 Å². The molecule has 1 heterocycles.